The van der Waals surface area contributed by atoms with Crippen LogP contribution < -0.4 is 9.62 Å². The average molecular weight is 578 g/mol. The molecule has 3 aromatic carbocycles. The fourth-order valence-corrected chi connectivity index (χ4v) is 5.94. The molecule has 2 amide bonds. The van der Waals surface area contributed by atoms with Crippen molar-refractivity contribution in [1.82, 2.24) is 10.2 Å². The third kappa shape index (κ3) is 9.46. The molecular formula is C33H43N3O4S. The van der Waals surface area contributed by atoms with Gasteiger partial charge in [0.1, 0.15) is 6.04 Å². The van der Waals surface area contributed by atoms with E-state index >= 15 is 0 Å². The van der Waals surface area contributed by atoms with E-state index in [0.717, 1.165) is 34.2 Å². The lowest BCUT2D eigenvalue weighted by atomic mass is 10.0. The van der Waals surface area contributed by atoms with Crippen molar-refractivity contribution in [1.29, 1.82) is 0 Å². The zero-order valence-corrected chi connectivity index (χ0v) is 25.7. The second-order valence-corrected chi connectivity index (χ2v) is 12.6. The highest BCUT2D eigenvalue weighted by atomic mass is 32.2. The number of hydrogen-bond acceptors (Lipinski definition) is 4. The Balaban J connectivity index is 1.89. The highest BCUT2D eigenvalue weighted by Crippen LogP contribution is 2.23. The number of nitrogens with zero attached hydrogens (tertiary/aromatic N) is 2. The van der Waals surface area contributed by atoms with Crippen molar-refractivity contribution in [3.8, 4) is 0 Å². The summed E-state index contributed by atoms with van der Waals surface area (Å²) in [4.78, 5) is 29.1. The average Bonchev–Trinajstić information content (AvgIpc) is 2.91. The Morgan fingerprint density at radius 3 is 2.15 bits per heavy atom. The number of carbonyl (C=O) groups is 2. The lowest BCUT2D eigenvalue weighted by Gasteiger charge is -2.32. The van der Waals surface area contributed by atoms with Gasteiger partial charge in [-0.05, 0) is 73.6 Å². The molecule has 3 aromatic rings. The first-order chi connectivity index (χ1) is 19.5. The summed E-state index contributed by atoms with van der Waals surface area (Å²) < 4.78 is 26.8. The van der Waals surface area contributed by atoms with Crippen molar-refractivity contribution in [2.24, 2.45) is 0 Å². The van der Waals surface area contributed by atoms with Gasteiger partial charge >= 0.3 is 0 Å². The molecule has 0 spiro atoms. The Morgan fingerprint density at radius 2 is 1.54 bits per heavy atom. The highest BCUT2D eigenvalue weighted by Gasteiger charge is 2.30. The molecule has 1 atom stereocenters. The normalized spacial score (nSPS) is 12.0. The van der Waals surface area contributed by atoms with Gasteiger partial charge in [-0.1, -0.05) is 67.6 Å². The van der Waals surface area contributed by atoms with Gasteiger partial charge < -0.3 is 10.2 Å². The van der Waals surface area contributed by atoms with E-state index < -0.39 is 16.1 Å². The van der Waals surface area contributed by atoms with Crippen molar-refractivity contribution in [3.63, 3.8) is 0 Å². The minimum absolute atomic E-state index is 0.106. The molecule has 0 aliphatic rings. The molecule has 0 unspecified atom stereocenters. The molecule has 0 fully saturated rings. The van der Waals surface area contributed by atoms with Crippen molar-refractivity contribution in [2.75, 3.05) is 23.7 Å². The fourth-order valence-electron chi connectivity index (χ4n) is 4.99. The van der Waals surface area contributed by atoms with Gasteiger partial charge in [-0.25, -0.2) is 8.42 Å². The second kappa shape index (κ2) is 14.8. The second-order valence-electron chi connectivity index (χ2n) is 10.7. The zero-order valence-electron chi connectivity index (χ0n) is 24.9. The van der Waals surface area contributed by atoms with Crippen LogP contribution in [0.25, 0.3) is 0 Å². The third-order valence-electron chi connectivity index (χ3n) is 7.07. The van der Waals surface area contributed by atoms with Gasteiger partial charge in [-0.3, -0.25) is 13.9 Å². The van der Waals surface area contributed by atoms with E-state index in [1.54, 1.807) is 4.90 Å². The Bertz CT molecular complexity index is 1400. The molecule has 1 N–H and O–H groups in total. The van der Waals surface area contributed by atoms with Gasteiger partial charge in [-0.15, -0.1) is 0 Å². The van der Waals surface area contributed by atoms with Crippen LogP contribution in [0.2, 0.25) is 0 Å². The van der Waals surface area contributed by atoms with Gasteiger partial charge in [0, 0.05) is 32.5 Å². The number of aryl methyl sites for hydroxylation is 3. The molecule has 0 aliphatic carbocycles. The Morgan fingerprint density at radius 1 is 0.902 bits per heavy atom. The SMILES string of the molecule is CCCNC(=O)[C@H](Cc1ccccc1)N(Cc1ccccc1C)C(=O)CCCN(c1cc(C)cc(C)c1)S(C)(=O)=O. The predicted molar refractivity (Wildman–Crippen MR) is 166 cm³/mol. The molecule has 0 bridgehead atoms. The topological polar surface area (TPSA) is 86.8 Å². The van der Waals surface area contributed by atoms with E-state index in [-0.39, 0.29) is 31.3 Å². The predicted octanol–water partition coefficient (Wildman–Crippen LogP) is 5.32. The van der Waals surface area contributed by atoms with Crippen molar-refractivity contribution >= 4 is 27.5 Å². The smallest absolute Gasteiger partial charge is 0.243 e. The summed E-state index contributed by atoms with van der Waals surface area (Å²) in [5.74, 6) is -0.375. The first-order valence-corrected chi connectivity index (χ1v) is 16.1. The fraction of sp³-hybridized carbons (Fsp3) is 0.394. The summed E-state index contributed by atoms with van der Waals surface area (Å²) >= 11 is 0. The molecule has 0 aliphatic heterocycles. The Hall–Kier alpha value is -3.65. The number of rotatable bonds is 14. The van der Waals surface area contributed by atoms with Crippen LogP contribution in [0.1, 0.15) is 54.0 Å². The molecule has 0 aromatic heterocycles. The summed E-state index contributed by atoms with van der Waals surface area (Å²) in [7, 11) is -3.56. The zero-order chi connectivity index (χ0) is 30.0. The summed E-state index contributed by atoms with van der Waals surface area (Å²) in [6.07, 6.45) is 2.78. The van der Waals surface area contributed by atoms with Crippen LogP contribution in [0.15, 0.2) is 72.8 Å². The lowest BCUT2D eigenvalue weighted by Crippen LogP contribution is -2.50. The minimum Gasteiger partial charge on any atom is -0.354 e. The first-order valence-electron chi connectivity index (χ1n) is 14.2. The number of benzene rings is 3. The summed E-state index contributed by atoms with van der Waals surface area (Å²) in [5, 5.41) is 2.99. The summed E-state index contributed by atoms with van der Waals surface area (Å²) in [6, 6.07) is 22.5. The van der Waals surface area contributed by atoms with Crippen molar-refractivity contribution < 1.29 is 18.0 Å². The van der Waals surface area contributed by atoms with Crippen LogP contribution in [0.3, 0.4) is 0 Å². The van der Waals surface area contributed by atoms with Crippen LogP contribution in [0, 0.1) is 20.8 Å². The molecule has 41 heavy (non-hydrogen) atoms. The monoisotopic (exact) mass is 577 g/mol. The van der Waals surface area contributed by atoms with Crippen LogP contribution >= 0.6 is 0 Å². The molecule has 220 valence electrons. The van der Waals surface area contributed by atoms with Crippen LogP contribution in [0.4, 0.5) is 5.69 Å². The maximum atomic E-state index is 13.9. The van der Waals surface area contributed by atoms with E-state index in [2.05, 4.69) is 5.32 Å². The van der Waals surface area contributed by atoms with Crippen molar-refractivity contribution in [3.05, 3.63) is 101 Å². The number of hydrogen-bond donors (Lipinski definition) is 1. The molecule has 8 heteroatoms. The molecule has 7 nitrogen and oxygen atoms in total. The molecule has 0 heterocycles. The standard InChI is InChI=1S/C33H43N3O4S/c1-6-18-34-33(38)31(23-28-14-8-7-9-15-28)35(24-29-16-11-10-13-27(29)4)32(37)17-12-19-36(41(5,39)40)30-21-25(2)20-26(3)22-30/h7-11,13-16,20-22,31H,6,12,17-19,23-24H2,1-5H3,(H,34,38)/t31-/m0/s1. The Kier molecular flexibility index (Phi) is 11.5. The number of nitrogens with one attached hydrogen (secondary N) is 1. The number of carbonyl (C=O) groups excluding carboxylic acids is 2. The summed E-state index contributed by atoms with van der Waals surface area (Å²) in [5.41, 5.74) is 5.50. The maximum Gasteiger partial charge on any atom is 0.243 e. The Labute approximate surface area is 245 Å². The molecule has 3 rings (SSSR count). The van der Waals surface area contributed by atoms with Gasteiger partial charge in [0.15, 0.2) is 0 Å². The molecule has 0 saturated carbocycles. The van der Waals surface area contributed by atoms with E-state index in [1.165, 1.54) is 10.6 Å². The van der Waals surface area contributed by atoms with Gasteiger partial charge in [0.25, 0.3) is 0 Å². The molecule has 0 radical (unpaired) electrons. The largest absolute Gasteiger partial charge is 0.354 e. The highest BCUT2D eigenvalue weighted by molar-refractivity contribution is 7.92. The third-order valence-corrected chi connectivity index (χ3v) is 8.26. The van der Waals surface area contributed by atoms with Crippen LogP contribution in [0.5, 0.6) is 0 Å². The lowest BCUT2D eigenvalue weighted by molar-refractivity contribution is -0.141. The maximum absolute atomic E-state index is 13.9. The van der Waals surface area contributed by atoms with E-state index in [0.29, 0.717) is 25.1 Å². The van der Waals surface area contributed by atoms with Crippen LogP contribution in [-0.2, 0) is 32.6 Å². The summed E-state index contributed by atoms with van der Waals surface area (Å²) in [6.45, 7) is 8.82. The minimum atomic E-state index is -3.56. The number of sulfonamides is 1. The van der Waals surface area contributed by atoms with E-state index in [4.69, 9.17) is 0 Å². The number of amides is 2. The first kappa shape index (κ1) is 31.9. The molecular weight excluding hydrogens is 534 g/mol. The van der Waals surface area contributed by atoms with Crippen LogP contribution in [-0.4, -0.2) is 50.5 Å². The quantitative estimate of drug-likeness (QED) is 0.281. The molecule has 0 saturated heterocycles. The van der Waals surface area contributed by atoms with Gasteiger partial charge in [0.2, 0.25) is 21.8 Å². The van der Waals surface area contributed by atoms with Crippen molar-refractivity contribution in [2.45, 2.75) is 66.0 Å². The van der Waals surface area contributed by atoms with E-state index in [9.17, 15) is 18.0 Å². The number of anilines is 1. The van der Waals surface area contributed by atoms with E-state index in [1.807, 2.05) is 100 Å². The van der Waals surface area contributed by atoms with Gasteiger partial charge in [0.05, 0.1) is 11.9 Å². The van der Waals surface area contributed by atoms with Gasteiger partial charge in [-0.2, -0.15) is 0 Å².